The lowest BCUT2D eigenvalue weighted by Gasteiger charge is -2.02. The average Bonchev–Trinajstić information content (AvgIpc) is 2.70. The van der Waals surface area contributed by atoms with E-state index >= 15 is 0 Å². The molecule has 0 fully saturated rings. The van der Waals surface area contributed by atoms with Crippen molar-refractivity contribution < 1.29 is 4.74 Å². The van der Waals surface area contributed by atoms with Gasteiger partial charge in [-0.1, -0.05) is 35.1 Å². The van der Waals surface area contributed by atoms with Crippen molar-refractivity contribution in [3.05, 3.63) is 39.9 Å². The Morgan fingerprint density at radius 1 is 1.41 bits per heavy atom. The van der Waals surface area contributed by atoms with Gasteiger partial charge in [0.25, 0.3) is 5.19 Å². The van der Waals surface area contributed by atoms with Crippen molar-refractivity contribution in [3.8, 4) is 17.0 Å². The highest BCUT2D eigenvalue weighted by Gasteiger charge is 2.11. The summed E-state index contributed by atoms with van der Waals surface area (Å²) in [7, 11) is 0. The van der Waals surface area contributed by atoms with E-state index in [2.05, 4.69) is 4.98 Å². The molecule has 0 aliphatic heterocycles. The fourth-order valence-electron chi connectivity index (χ4n) is 1.18. The highest BCUT2D eigenvalue weighted by molar-refractivity contribution is 7.14. The van der Waals surface area contributed by atoms with E-state index in [4.69, 9.17) is 33.2 Å². The minimum absolute atomic E-state index is 0.291. The Balaban J connectivity index is 2.29. The summed E-state index contributed by atoms with van der Waals surface area (Å²) in [6, 6.07) is 8.97. The molecular formula is C11H6Cl2N2OS. The molecule has 17 heavy (non-hydrogen) atoms. The monoisotopic (exact) mass is 284 g/mol. The zero-order chi connectivity index (χ0) is 12.3. The van der Waals surface area contributed by atoms with Gasteiger partial charge in [-0.3, -0.25) is 0 Å². The number of rotatable bonds is 3. The van der Waals surface area contributed by atoms with Crippen LogP contribution in [0.1, 0.15) is 10.4 Å². The summed E-state index contributed by atoms with van der Waals surface area (Å²) in [5.74, 6) is 0.751. The maximum atomic E-state index is 8.91. The largest absolute Gasteiger partial charge is 0.429 e. The van der Waals surface area contributed by atoms with Crippen molar-refractivity contribution in [2.45, 2.75) is 5.88 Å². The smallest absolute Gasteiger partial charge is 0.280 e. The molecule has 0 amide bonds. The summed E-state index contributed by atoms with van der Waals surface area (Å²) in [6.07, 6.45) is 0. The molecule has 1 heterocycles. The van der Waals surface area contributed by atoms with Crippen LogP contribution in [-0.2, 0) is 5.88 Å². The summed E-state index contributed by atoms with van der Waals surface area (Å²) in [6.45, 7) is 0. The van der Waals surface area contributed by atoms with Crippen molar-refractivity contribution >= 4 is 34.5 Å². The molecule has 0 aliphatic rings. The van der Waals surface area contributed by atoms with Crippen LogP contribution in [0, 0.1) is 11.3 Å². The van der Waals surface area contributed by atoms with E-state index in [1.54, 1.807) is 24.3 Å². The molecule has 0 saturated carbocycles. The molecule has 0 aliphatic carbocycles. The standard InChI is InChI=1S/C11H6Cl2N2OS/c12-5-9-10(13)15-11(17-9)16-8-4-2-1-3-7(8)6-14/h1-4H,5H2. The molecule has 2 rings (SSSR count). The second-order valence-corrected chi connectivity index (χ2v) is 4.71. The van der Waals surface area contributed by atoms with E-state index in [9.17, 15) is 0 Å². The van der Waals surface area contributed by atoms with E-state index in [0.717, 1.165) is 4.88 Å². The zero-order valence-electron chi connectivity index (χ0n) is 8.48. The van der Waals surface area contributed by atoms with E-state index in [-0.39, 0.29) is 0 Å². The molecule has 3 nitrogen and oxygen atoms in total. The number of nitriles is 1. The second-order valence-electron chi connectivity index (χ2n) is 3.04. The van der Waals surface area contributed by atoms with Crippen LogP contribution in [0.3, 0.4) is 0 Å². The lowest BCUT2D eigenvalue weighted by molar-refractivity contribution is 0.477. The molecule has 0 N–H and O–H groups in total. The Morgan fingerprint density at radius 2 is 2.18 bits per heavy atom. The number of para-hydroxylation sites is 1. The van der Waals surface area contributed by atoms with Gasteiger partial charge >= 0.3 is 0 Å². The van der Waals surface area contributed by atoms with Crippen LogP contribution < -0.4 is 4.74 Å². The minimum Gasteiger partial charge on any atom is -0.429 e. The Hall–Kier alpha value is -1.28. The molecule has 0 radical (unpaired) electrons. The van der Waals surface area contributed by atoms with Crippen LogP contribution in [0.25, 0.3) is 0 Å². The van der Waals surface area contributed by atoms with Crippen molar-refractivity contribution in [1.29, 1.82) is 5.26 Å². The van der Waals surface area contributed by atoms with Crippen LogP contribution in [0.4, 0.5) is 0 Å². The second kappa shape index (κ2) is 5.37. The number of halogens is 2. The third-order valence-corrected chi connectivity index (χ3v) is 3.74. The van der Waals surface area contributed by atoms with Gasteiger partial charge in [0.2, 0.25) is 0 Å². The number of hydrogen-bond donors (Lipinski definition) is 0. The van der Waals surface area contributed by atoms with Gasteiger partial charge in [0.15, 0.2) is 0 Å². The third kappa shape index (κ3) is 2.70. The fraction of sp³-hybridized carbons (Fsp3) is 0.0909. The van der Waals surface area contributed by atoms with E-state index in [1.165, 1.54) is 11.3 Å². The molecule has 0 spiro atoms. The maximum Gasteiger partial charge on any atom is 0.280 e. The molecule has 86 valence electrons. The zero-order valence-corrected chi connectivity index (χ0v) is 10.8. The summed E-state index contributed by atoms with van der Waals surface area (Å²) in [5, 5.41) is 9.63. The predicted molar refractivity (Wildman–Crippen MR) is 67.9 cm³/mol. The van der Waals surface area contributed by atoms with Gasteiger partial charge in [0, 0.05) is 0 Å². The van der Waals surface area contributed by atoms with Crippen LogP contribution >= 0.6 is 34.5 Å². The maximum absolute atomic E-state index is 8.91. The highest BCUT2D eigenvalue weighted by atomic mass is 35.5. The molecule has 6 heteroatoms. The SMILES string of the molecule is N#Cc1ccccc1Oc1nc(Cl)c(CCl)s1. The molecule has 1 aromatic carbocycles. The summed E-state index contributed by atoms with van der Waals surface area (Å²) < 4.78 is 5.51. The number of benzene rings is 1. The normalized spacial score (nSPS) is 9.94. The fourth-order valence-corrected chi connectivity index (χ4v) is 2.51. The first-order valence-electron chi connectivity index (χ1n) is 4.62. The minimum atomic E-state index is 0.291. The van der Waals surface area contributed by atoms with Gasteiger partial charge in [-0.05, 0) is 12.1 Å². The molecule has 0 atom stereocenters. The van der Waals surface area contributed by atoms with Crippen LogP contribution in [0.15, 0.2) is 24.3 Å². The third-order valence-electron chi connectivity index (χ3n) is 1.96. The molecule has 0 saturated heterocycles. The van der Waals surface area contributed by atoms with Gasteiger partial charge in [-0.25, -0.2) is 0 Å². The van der Waals surface area contributed by atoms with Gasteiger partial charge in [-0.2, -0.15) is 10.2 Å². The number of thiazole rings is 1. The van der Waals surface area contributed by atoms with Gasteiger partial charge in [-0.15, -0.1) is 11.6 Å². The molecule has 0 unspecified atom stereocenters. The summed E-state index contributed by atoms with van der Waals surface area (Å²) >= 11 is 12.8. The van der Waals surface area contributed by atoms with Crippen LogP contribution in [0.2, 0.25) is 5.15 Å². The van der Waals surface area contributed by atoms with E-state index in [1.807, 2.05) is 6.07 Å². The number of ether oxygens (including phenoxy) is 1. The van der Waals surface area contributed by atoms with Crippen molar-refractivity contribution in [2.24, 2.45) is 0 Å². The first-order valence-corrected chi connectivity index (χ1v) is 6.35. The molecule has 0 bridgehead atoms. The summed E-state index contributed by atoms with van der Waals surface area (Å²) in [5.41, 5.74) is 0.450. The average molecular weight is 285 g/mol. The van der Waals surface area contributed by atoms with Crippen LogP contribution in [-0.4, -0.2) is 4.98 Å². The van der Waals surface area contributed by atoms with Crippen molar-refractivity contribution in [2.75, 3.05) is 0 Å². The first kappa shape index (κ1) is 12.2. The molecule has 1 aromatic heterocycles. The molecular weight excluding hydrogens is 279 g/mol. The van der Waals surface area contributed by atoms with Crippen molar-refractivity contribution in [3.63, 3.8) is 0 Å². The highest BCUT2D eigenvalue weighted by Crippen LogP contribution is 2.33. The first-order chi connectivity index (χ1) is 8.24. The number of alkyl halides is 1. The van der Waals surface area contributed by atoms with Crippen LogP contribution in [0.5, 0.6) is 10.9 Å². The number of hydrogen-bond acceptors (Lipinski definition) is 4. The van der Waals surface area contributed by atoms with Gasteiger partial charge in [0.05, 0.1) is 16.3 Å². The van der Waals surface area contributed by atoms with E-state index in [0.29, 0.717) is 27.5 Å². The lowest BCUT2D eigenvalue weighted by atomic mass is 10.2. The lowest BCUT2D eigenvalue weighted by Crippen LogP contribution is -1.86. The Bertz CT molecular complexity index is 577. The Kier molecular flexibility index (Phi) is 3.85. The van der Waals surface area contributed by atoms with E-state index < -0.39 is 0 Å². The number of aromatic nitrogens is 1. The molecule has 2 aromatic rings. The van der Waals surface area contributed by atoms with Crippen molar-refractivity contribution in [1.82, 2.24) is 4.98 Å². The number of nitrogens with zero attached hydrogens (tertiary/aromatic N) is 2. The predicted octanol–water partition coefficient (Wildman–Crippen LogP) is 4.20. The van der Waals surface area contributed by atoms with Gasteiger partial charge < -0.3 is 4.74 Å². The Labute approximate surface area is 112 Å². The summed E-state index contributed by atoms with van der Waals surface area (Å²) in [4.78, 5) is 4.77. The topological polar surface area (TPSA) is 45.9 Å². The quantitative estimate of drug-likeness (QED) is 0.794. The van der Waals surface area contributed by atoms with Gasteiger partial charge in [0.1, 0.15) is 17.0 Å². The Morgan fingerprint density at radius 3 is 2.82 bits per heavy atom.